The summed E-state index contributed by atoms with van der Waals surface area (Å²) < 4.78 is 47.3. The highest BCUT2D eigenvalue weighted by molar-refractivity contribution is 7.93. The number of sulfonamides is 1. The minimum atomic E-state index is -4.30. The minimum Gasteiger partial charge on any atom is -0.461 e. The molecular weight excluding hydrogens is 429 g/mol. The fraction of sp³-hybridized carbons (Fsp3) is 0.160. The molecule has 0 saturated carbocycles. The smallest absolute Gasteiger partial charge is 0.272 e. The number of fused-ring (bicyclic) bond motifs is 3. The van der Waals surface area contributed by atoms with Crippen molar-refractivity contribution in [2.45, 2.75) is 30.6 Å². The van der Waals surface area contributed by atoms with Crippen molar-refractivity contribution in [2.75, 3.05) is 4.31 Å². The Morgan fingerprint density at radius 3 is 2.38 bits per heavy atom. The Morgan fingerprint density at radius 2 is 1.62 bits per heavy atom. The molecule has 162 valence electrons. The van der Waals surface area contributed by atoms with Crippen LogP contribution in [0.3, 0.4) is 0 Å². The molecule has 3 aromatic carbocycles. The quantitative estimate of drug-likeness (QED) is 0.413. The van der Waals surface area contributed by atoms with Crippen LogP contribution in [0.1, 0.15) is 34.5 Å². The van der Waals surface area contributed by atoms with Crippen LogP contribution in [-0.4, -0.2) is 14.3 Å². The monoisotopic (exact) mass is 449 g/mol. The normalized spacial score (nSPS) is 13.7. The first-order chi connectivity index (χ1) is 15.4. The third-order valence-electron chi connectivity index (χ3n) is 5.73. The first-order valence-electron chi connectivity index (χ1n) is 10.4. The summed E-state index contributed by atoms with van der Waals surface area (Å²) >= 11 is 0. The average Bonchev–Trinajstić information content (AvgIpc) is 3.18. The van der Waals surface area contributed by atoms with E-state index in [2.05, 4.69) is 0 Å². The van der Waals surface area contributed by atoms with Crippen molar-refractivity contribution in [2.24, 2.45) is 0 Å². The van der Waals surface area contributed by atoms with Crippen LogP contribution in [-0.2, 0) is 22.9 Å². The van der Waals surface area contributed by atoms with E-state index in [4.69, 9.17) is 4.42 Å². The van der Waals surface area contributed by atoms with Gasteiger partial charge in [0.05, 0.1) is 10.6 Å². The summed E-state index contributed by atoms with van der Waals surface area (Å²) in [4.78, 5) is 13.3. The molecular formula is C25H20FNO4S. The molecule has 0 unspecified atom stereocenters. The lowest BCUT2D eigenvalue weighted by atomic mass is 9.96. The molecule has 0 spiro atoms. The van der Waals surface area contributed by atoms with Gasteiger partial charge in [0, 0.05) is 22.9 Å². The van der Waals surface area contributed by atoms with Crippen LogP contribution >= 0.6 is 0 Å². The second-order valence-electron chi connectivity index (χ2n) is 7.79. The van der Waals surface area contributed by atoms with Gasteiger partial charge in [0.2, 0.25) is 0 Å². The Hall–Kier alpha value is -3.45. The van der Waals surface area contributed by atoms with E-state index in [0.717, 1.165) is 71.0 Å². The predicted molar refractivity (Wildman–Crippen MR) is 120 cm³/mol. The molecule has 1 aromatic heterocycles. The number of nitrogens with zero attached hydrogens (tertiary/aromatic N) is 1. The van der Waals surface area contributed by atoms with Gasteiger partial charge in [-0.3, -0.25) is 4.79 Å². The number of carbonyl (C=O) groups is 1. The zero-order valence-corrected chi connectivity index (χ0v) is 17.9. The lowest BCUT2D eigenvalue weighted by Crippen LogP contribution is -2.37. The molecule has 1 aliphatic carbocycles. The van der Waals surface area contributed by atoms with Gasteiger partial charge >= 0.3 is 0 Å². The molecule has 4 aromatic rings. The average molecular weight is 450 g/mol. The van der Waals surface area contributed by atoms with Crippen molar-refractivity contribution >= 4 is 32.6 Å². The fourth-order valence-electron chi connectivity index (χ4n) is 4.15. The fourth-order valence-corrected chi connectivity index (χ4v) is 5.56. The number of anilines is 1. The summed E-state index contributed by atoms with van der Waals surface area (Å²) in [7, 11) is -4.30. The molecule has 1 aliphatic rings. The topological polar surface area (TPSA) is 67.6 Å². The maximum Gasteiger partial charge on any atom is 0.272 e. The highest BCUT2D eigenvalue weighted by atomic mass is 32.2. The van der Waals surface area contributed by atoms with Gasteiger partial charge in [0.25, 0.3) is 15.9 Å². The summed E-state index contributed by atoms with van der Waals surface area (Å²) in [5.41, 5.74) is 2.18. The third kappa shape index (κ3) is 3.48. The maximum absolute atomic E-state index is 13.6. The molecule has 1 heterocycles. The van der Waals surface area contributed by atoms with Crippen molar-refractivity contribution in [3.05, 3.63) is 95.5 Å². The van der Waals surface area contributed by atoms with Crippen LogP contribution in [0.4, 0.5) is 10.1 Å². The summed E-state index contributed by atoms with van der Waals surface area (Å²) in [6, 6.07) is 17.6. The van der Waals surface area contributed by atoms with Gasteiger partial charge in [-0.2, -0.15) is 4.31 Å². The van der Waals surface area contributed by atoms with E-state index in [0.29, 0.717) is 5.58 Å². The Kier molecular flexibility index (Phi) is 5.06. The zero-order chi connectivity index (χ0) is 22.3. The Balaban J connectivity index is 1.69. The van der Waals surface area contributed by atoms with Gasteiger partial charge in [-0.05, 0) is 73.9 Å². The molecule has 0 N–H and O–H groups in total. The van der Waals surface area contributed by atoms with E-state index in [9.17, 15) is 17.6 Å². The Bertz CT molecular complexity index is 1410. The number of carbonyl (C=O) groups excluding carboxylic acids is 1. The molecule has 5 nitrogen and oxygen atoms in total. The molecule has 0 fully saturated rings. The summed E-state index contributed by atoms with van der Waals surface area (Å²) in [6.07, 6.45) is 3.78. The number of benzene rings is 3. The standard InChI is InChI=1S/C25H20FNO4S/c26-18-10-13-20(14-11-18)32(29,30)27(25(28)17-6-2-1-3-7-17)19-12-15-24-22(16-19)21-8-4-5-9-23(21)31-24/h1-3,6-7,10-16H,4-5,8-9H2. The number of hydrogen-bond acceptors (Lipinski definition) is 4. The Labute approximate surface area is 185 Å². The Morgan fingerprint density at radius 1 is 0.906 bits per heavy atom. The van der Waals surface area contributed by atoms with Crippen molar-refractivity contribution in [3.63, 3.8) is 0 Å². The van der Waals surface area contributed by atoms with Crippen LogP contribution in [0, 0.1) is 5.82 Å². The van der Waals surface area contributed by atoms with Crippen molar-refractivity contribution in [1.82, 2.24) is 0 Å². The number of furan rings is 1. The largest absolute Gasteiger partial charge is 0.461 e. The summed E-state index contributed by atoms with van der Waals surface area (Å²) in [6.45, 7) is 0. The first-order valence-corrected chi connectivity index (χ1v) is 11.8. The lowest BCUT2D eigenvalue weighted by Gasteiger charge is -2.23. The second kappa shape index (κ2) is 7.91. The SMILES string of the molecule is O=C(c1ccccc1)N(c1ccc2oc3c(c2c1)CCCC3)S(=O)(=O)c1ccc(F)cc1. The molecule has 7 heteroatoms. The van der Waals surface area contributed by atoms with Gasteiger partial charge in [-0.15, -0.1) is 0 Å². The van der Waals surface area contributed by atoms with E-state index in [-0.39, 0.29) is 16.1 Å². The number of rotatable bonds is 4. The van der Waals surface area contributed by atoms with Crippen LogP contribution in [0.5, 0.6) is 0 Å². The third-order valence-corrected chi connectivity index (χ3v) is 7.46. The number of hydrogen-bond donors (Lipinski definition) is 0. The zero-order valence-electron chi connectivity index (χ0n) is 17.1. The van der Waals surface area contributed by atoms with Gasteiger partial charge in [0.15, 0.2) is 0 Å². The van der Waals surface area contributed by atoms with Gasteiger partial charge in [-0.25, -0.2) is 12.8 Å². The van der Waals surface area contributed by atoms with E-state index in [1.807, 2.05) is 0 Å². The van der Waals surface area contributed by atoms with Crippen LogP contribution < -0.4 is 4.31 Å². The first kappa shape index (κ1) is 20.5. The van der Waals surface area contributed by atoms with Crippen molar-refractivity contribution in [1.29, 1.82) is 0 Å². The molecule has 0 saturated heterocycles. The lowest BCUT2D eigenvalue weighted by molar-refractivity contribution is 0.101. The van der Waals surface area contributed by atoms with E-state index in [1.54, 1.807) is 48.5 Å². The highest BCUT2D eigenvalue weighted by Gasteiger charge is 2.32. The van der Waals surface area contributed by atoms with E-state index in [1.165, 1.54) is 0 Å². The summed E-state index contributed by atoms with van der Waals surface area (Å²) in [5.74, 6) is -0.325. The van der Waals surface area contributed by atoms with Crippen LogP contribution in [0.25, 0.3) is 11.0 Å². The summed E-state index contributed by atoms with van der Waals surface area (Å²) in [5, 5.41) is 0.817. The number of amides is 1. The molecule has 32 heavy (non-hydrogen) atoms. The number of aryl methyl sites for hydroxylation is 2. The molecule has 0 bridgehead atoms. The molecule has 5 rings (SSSR count). The van der Waals surface area contributed by atoms with E-state index < -0.39 is 21.7 Å². The second-order valence-corrected chi connectivity index (χ2v) is 9.57. The highest BCUT2D eigenvalue weighted by Crippen LogP contribution is 2.36. The molecule has 1 amide bonds. The minimum absolute atomic E-state index is 0.169. The predicted octanol–water partition coefficient (Wildman–Crippen LogP) is 5.49. The van der Waals surface area contributed by atoms with Crippen molar-refractivity contribution < 1.29 is 22.0 Å². The van der Waals surface area contributed by atoms with E-state index >= 15 is 0 Å². The van der Waals surface area contributed by atoms with Gasteiger partial charge in [0.1, 0.15) is 17.2 Å². The van der Waals surface area contributed by atoms with Gasteiger partial charge in [-0.1, -0.05) is 18.2 Å². The van der Waals surface area contributed by atoms with Crippen molar-refractivity contribution in [3.8, 4) is 0 Å². The van der Waals surface area contributed by atoms with Gasteiger partial charge < -0.3 is 4.42 Å². The number of halogens is 1. The molecule has 0 aliphatic heterocycles. The van der Waals surface area contributed by atoms with Crippen LogP contribution in [0.2, 0.25) is 0 Å². The molecule has 0 atom stereocenters. The maximum atomic E-state index is 13.6. The van der Waals surface area contributed by atoms with Crippen LogP contribution in [0.15, 0.2) is 82.1 Å². The molecule has 0 radical (unpaired) electrons.